The van der Waals surface area contributed by atoms with Crippen molar-refractivity contribution in [2.75, 3.05) is 4.90 Å². The van der Waals surface area contributed by atoms with Crippen molar-refractivity contribution in [2.24, 2.45) is 0 Å². The summed E-state index contributed by atoms with van der Waals surface area (Å²) in [6.07, 6.45) is 0. The number of benzene rings is 7. The lowest BCUT2D eigenvalue weighted by molar-refractivity contribution is 0.590. The number of hydrogen-bond donors (Lipinski definition) is 0. The Morgan fingerprint density at radius 2 is 1.29 bits per heavy atom. The van der Waals surface area contributed by atoms with E-state index in [4.69, 9.17) is 4.42 Å². The molecule has 3 aliphatic rings. The van der Waals surface area contributed by atoms with Crippen LogP contribution in [0.3, 0.4) is 0 Å². The van der Waals surface area contributed by atoms with Gasteiger partial charge in [0, 0.05) is 58.4 Å². The highest BCUT2D eigenvalue weighted by molar-refractivity contribution is 8.05. The summed E-state index contributed by atoms with van der Waals surface area (Å²) in [4.78, 5) is 7.82. The van der Waals surface area contributed by atoms with Gasteiger partial charge in [-0.1, -0.05) is 123 Å². The maximum absolute atomic E-state index is 6.77. The molecule has 0 spiro atoms. The molecule has 0 aliphatic carbocycles. The molecule has 0 bridgehead atoms. The van der Waals surface area contributed by atoms with Gasteiger partial charge in [-0.2, -0.15) is 0 Å². The van der Waals surface area contributed by atoms with E-state index in [0.29, 0.717) is 0 Å². The molecule has 0 saturated carbocycles. The van der Waals surface area contributed by atoms with E-state index in [0.717, 1.165) is 16.6 Å². The normalized spacial score (nSPS) is 14.0. The van der Waals surface area contributed by atoms with Crippen LogP contribution in [-0.4, -0.2) is 11.3 Å². The van der Waals surface area contributed by atoms with E-state index in [1.54, 1.807) is 0 Å². The van der Waals surface area contributed by atoms with Gasteiger partial charge in [0.05, 0.1) is 11.2 Å². The molecule has 7 aromatic carbocycles. The Hall–Kier alpha value is -5.56. The first-order valence-electron chi connectivity index (χ1n) is 19.0. The van der Waals surface area contributed by atoms with Crippen LogP contribution in [0, 0.1) is 6.92 Å². The molecule has 9 aromatic rings. The zero-order chi connectivity index (χ0) is 36.7. The Morgan fingerprint density at radius 1 is 0.564 bits per heavy atom. The number of nitrogens with zero attached hydrogens (tertiary/aromatic N) is 2. The lowest BCUT2D eigenvalue weighted by Gasteiger charge is -2.42. The van der Waals surface area contributed by atoms with Crippen LogP contribution < -0.4 is 15.8 Å². The Kier molecular flexibility index (Phi) is 6.50. The van der Waals surface area contributed by atoms with Gasteiger partial charge < -0.3 is 13.8 Å². The molecule has 0 radical (unpaired) electrons. The molecule has 5 heterocycles. The number of furan rings is 1. The summed E-state index contributed by atoms with van der Waals surface area (Å²) in [6, 6.07) is 52.1. The van der Waals surface area contributed by atoms with Gasteiger partial charge in [0.2, 0.25) is 0 Å². The quantitative estimate of drug-likeness (QED) is 0.164. The molecular weight excluding hydrogens is 707 g/mol. The third-order valence-electron chi connectivity index (χ3n) is 11.8. The number of aryl methyl sites for hydroxylation is 1. The highest BCUT2D eigenvalue weighted by Gasteiger charge is 2.45. The van der Waals surface area contributed by atoms with E-state index in [1.165, 1.54) is 97.4 Å². The van der Waals surface area contributed by atoms with Crippen LogP contribution in [0.5, 0.6) is 0 Å². The predicted octanol–water partition coefficient (Wildman–Crippen LogP) is 12.8. The first-order valence-corrected chi connectivity index (χ1v) is 20.7. The summed E-state index contributed by atoms with van der Waals surface area (Å²) < 4.78 is 9.40. The summed E-state index contributed by atoms with van der Waals surface area (Å²) in [7, 11) is 0. The molecule has 12 rings (SSSR count). The molecule has 0 fully saturated rings. The minimum absolute atomic E-state index is 0.00195. The Morgan fingerprint density at radius 3 is 2.09 bits per heavy atom. The van der Waals surface area contributed by atoms with Crippen molar-refractivity contribution >= 4 is 91.3 Å². The average Bonchev–Trinajstić information content (AvgIpc) is 3.73. The van der Waals surface area contributed by atoms with Gasteiger partial charge in [-0.25, -0.2) is 0 Å². The standard InChI is InChI=1S/C49H35BN2OS2/c1-28-23-35-31-16-12-17-33-46(31)52(47-32-15-8-9-18-40(32)53-48(33)47)50-36-26-43-44(55-42-20-11-10-19-41(42)54-43)27-38(36)51(39(24-28)45(35)50)37-22-21-30(49(2,3)4)25-34(37)29-13-6-5-7-14-29/h5-27H,1-4H3. The summed E-state index contributed by atoms with van der Waals surface area (Å²) in [5, 5.41) is 2.32. The number of rotatable bonds is 2. The zero-order valence-corrected chi connectivity index (χ0v) is 32.6. The lowest BCUT2D eigenvalue weighted by atomic mass is 9.45. The molecule has 55 heavy (non-hydrogen) atoms. The number of hydrogen-bond acceptors (Lipinski definition) is 4. The topological polar surface area (TPSA) is 21.3 Å². The molecule has 0 saturated heterocycles. The van der Waals surface area contributed by atoms with E-state index < -0.39 is 0 Å². The molecule has 3 nitrogen and oxygen atoms in total. The van der Waals surface area contributed by atoms with Crippen molar-refractivity contribution in [1.29, 1.82) is 0 Å². The first kappa shape index (κ1) is 31.8. The number of fused-ring (bicyclic) bond motifs is 11. The van der Waals surface area contributed by atoms with Gasteiger partial charge in [-0.15, -0.1) is 0 Å². The highest BCUT2D eigenvalue weighted by Crippen LogP contribution is 2.53. The second kappa shape index (κ2) is 11.3. The lowest BCUT2D eigenvalue weighted by Crippen LogP contribution is -2.56. The molecular formula is C49H35BN2OS2. The zero-order valence-electron chi connectivity index (χ0n) is 31.0. The smallest absolute Gasteiger partial charge is 0.333 e. The molecule has 0 atom stereocenters. The van der Waals surface area contributed by atoms with Crippen LogP contribution in [0.25, 0.3) is 55.2 Å². The number of aromatic nitrogens is 1. The Balaban J connectivity index is 1.23. The summed E-state index contributed by atoms with van der Waals surface area (Å²) in [6.45, 7) is 9.12. The predicted molar refractivity (Wildman–Crippen MR) is 233 cm³/mol. The minimum Gasteiger partial charge on any atom is -0.454 e. The summed E-state index contributed by atoms with van der Waals surface area (Å²) in [5.41, 5.74) is 18.2. The molecule has 6 heteroatoms. The van der Waals surface area contributed by atoms with Crippen molar-refractivity contribution in [3.63, 3.8) is 0 Å². The van der Waals surface area contributed by atoms with Gasteiger partial charge in [0.1, 0.15) is 5.58 Å². The Bertz CT molecular complexity index is 3120. The van der Waals surface area contributed by atoms with Gasteiger partial charge in [-0.05, 0) is 106 Å². The van der Waals surface area contributed by atoms with Crippen molar-refractivity contribution < 1.29 is 4.42 Å². The third-order valence-corrected chi connectivity index (χ3v) is 14.3. The van der Waals surface area contributed by atoms with Crippen LogP contribution in [0.15, 0.2) is 164 Å². The van der Waals surface area contributed by atoms with E-state index in [2.05, 4.69) is 177 Å². The number of anilines is 3. The third kappa shape index (κ3) is 4.44. The summed E-state index contributed by atoms with van der Waals surface area (Å²) >= 11 is 3.79. The van der Waals surface area contributed by atoms with E-state index in [-0.39, 0.29) is 12.3 Å². The van der Waals surface area contributed by atoms with Crippen molar-refractivity contribution in [3.05, 3.63) is 151 Å². The fraction of sp³-hybridized carbons (Fsp3) is 0.102. The molecule has 0 amide bonds. The van der Waals surface area contributed by atoms with Gasteiger partial charge in [0.15, 0.2) is 5.58 Å². The largest absolute Gasteiger partial charge is 0.454 e. The fourth-order valence-corrected chi connectivity index (χ4v) is 11.6. The monoisotopic (exact) mass is 742 g/mol. The second-order valence-corrected chi connectivity index (χ2v) is 18.4. The fourth-order valence-electron chi connectivity index (χ4n) is 9.35. The van der Waals surface area contributed by atoms with Crippen molar-refractivity contribution in [1.82, 2.24) is 4.48 Å². The maximum atomic E-state index is 6.77. The van der Waals surface area contributed by atoms with Gasteiger partial charge in [0.25, 0.3) is 0 Å². The Labute approximate surface area is 329 Å². The highest BCUT2D eigenvalue weighted by atomic mass is 32.2. The molecule has 0 N–H and O–H groups in total. The molecule has 2 aromatic heterocycles. The van der Waals surface area contributed by atoms with E-state index >= 15 is 0 Å². The van der Waals surface area contributed by atoms with Crippen LogP contribution >= 0.6 is 23.5 Å². The van der Waals surface area contributed by atoms with Crippen molar-refractivity contribution in [2.45, 2.75) is 52.7 Å². The SMILES string of the molecule is Cc1cc2c3c(c1)N(c1ccc(C(C)(C)C)cc1-c1ccccc1)c1cc4c(cc1B3n1c3c-2cccc3c2oc3ccccc3c21)Sc1ccccc1S4. The van der Waals surface area contributed by atoms with Gasteiger partial charge in [-0.3, -0.25) is 0 Å². The van der Waals surface area contributed by atoms with Crippen LogP contribution in [0.2, 0.25) is 0 Å². The second-order valence-electron chi connectivity index (χ2n) is 16.2. The van der Waals surface area contributed by atoms with Crippen LogP contribution in [0.4, 0.5) is 17.1 Å². The first-order chi connectivity index (χ1) is 26.8. The number of para-hydroxylation sites is 2. The van der Waals surface area contributed by atoms with E-state index in [1.807, 2.05) is 23.5 Å². The average molecular weight is 743 g/mol. The van der Waals surface area contributed by atoms with E-state index in [9.17, 15) is 0 Å². The molecule has 3 aliphatic heterocycles. The molecule has 262 valence electrons. The summed E-state index contributed by atoms with van der Waals surface area (Å²) in [5.74, 6) is 0. The van der Waals surface area contributed by atoms with Crippen molar-refractivity contribution in [3.8, 4) is 22.3 Å². The minimum atomic E-state index is -0.0603. The van der Waals surface area contributed by atoms with Crippen LogP contribution in [-0.2, 0) is 5.41 Å². The van der Waals surface area contributed by atoms with Gasteiger partial charge >= 0.3 is 6.85 Å². The molecule has 0 unspecified atom stereocenters. The maximum Gasteiger partial charge on any atom is 0.333 e. The van der Waals surface area contributed by atoms with Crippen LogP contribution in [0.1, 0.15) is 31.9 Å².